The van der Waals surface area contributed by atoms with Gasteiger partial charge in [-0.15, -0.1) is 0 Å². The predicted octanol–water partition coefficient (Wildman–Crippen LogP) is 4.03. The Morgan fingerprint density at radius 2 is 1.70 bits per heavy atom. The number of amides is 1. The van der Waals surface area contributed by atoms with E-state index in [2.05, 4.69) is 41.4 Å². The summed E-state index contributed by atoms with van der Waals surface area (Å²) < 4.78 is 5.47. The zero-order chi connectivity index (χ0) is 20.9. The fourth-order valence-electron chi connectivity index (χ4n) is 3.64. The largest absolute Gasteiger partial charge is 0.449 e. The molecule has 0 fully saturated rings. The maximum atomic E-state index is 12.1. The molecule has 1 amide bonds. The Hall–Kier alpha value is -4.22. The fourth-order valence-corrected chi connectivity index (χ4v) is 3.64. The minimum Gasteiger partial charge on any atom is -0.449 e. The number of nitrogens with zero attached hydrogens (tertiary/aromatic N) is 1. The molecule has 0 aromatic heterocycles. The third-order valence-corrected chi connectivity index (χ3v) is 5.07. The predicted molar refractivity (Wildman–Crippen MR) is 116 cm³/mol. The number of ether oxygens (including phenoxy) is 1. The van der Waals surface area contributed by atoms with E-state index in [9.17, 15) is 4.79 Å². The molecule has 3 aromatic carbocycles. The number of nitriles is 1. The normalized spacial score (nSPS) is 11.4. The van der Waals surface area contributed by atoms with E-state index in [1.54, 1.807) is 18.2 Å². The van der Waals surface area contributed by atoms with Crippen LogP contribution in [0.1, 0.15) is 28.2 Å². The molecular weight excluding hydrogens is 374 g/mol. The van der Waals surface area contributed by atoms with E-state index in [-0.39, 0.29) is 19.1 Å². The summed E-state index contributed by atoms with van der Waals surface area (Å²) in [5, 5.41) is 11.6. The number of carbonyl (C=O) groups is 1. The van der Waals surface area contributed by atoms with Gasteiger partial charge in [0.25, 0.3) is 0 Å². The Morgan fingerprint density at radius 3 is 2.37 bits per heavy atom. The second-order valence-corrected chi connectivity index (χ2v) is 6.89. The second-order valence-electron chi connectivity index (χ2n) is 6.89. The highest BCUT2D eigenvalue weighted by atomic mass is 16.5. The quantitative estimate of drug-likeness (QED) is 0.519. The highest BCUT2D eigenvalue weighted by Gasteiger charge is 2.28. The first kappa shape index (κ1) is 19.1. The van der Waals surface area contributed by atoms with E-state index in [1.165, 1.54) is 22.3 Å². The van der Waals surface area contributed by atoms with Gasteiger partial charge in [-0.05, 0) is 40.5 Å². The van der Waals surface area contributed by atoms with Crippen LogP contribution in [-0.4, -0.2) is 19.2 Å². The molecule has 0 bridgehead atoms. The lowest BCUT2D eigenvalue weighted by molar-refractivity contribution is 0.144. The molecule has 4 rings (SSSR count). The smallest absolute Gasteiger partial charge is 0.407 e. The van der Waals surface area contributed by atoms with Crippen molar-refractivity contribution < 1.29 is 9.53 Å². The van der Waals surface area contributed by atoms with Crippen molar-refractivity contribution in [3.8, 4) is 29.0 Å². The van der Waals surface area contributed by atoms with Crippen molar-refractivity contribution in [2.24, 2.45) is 0 Å². The van der Waals surface area contributed by atoms with Gasteiger partial charge in [0.05, 0.1) is 18.2 Å². The number of rotatable bonds is 3. The maximum absolute atomic E-state index is 12.1. The van der Waals surface area contributed by atoms with Crippen LogP contribution in [0.3, 0.4) is 0 Å². The van der Waals surface area contributed by atoms with Crippen LogP contribution in [0.25, 0.3) is 11.1 Å². The summed E-state index contributed by atoms with van der Waals surface area (Å²) in [7, 11) is 0. The van der Waals surface area contributed by atoms with Crippen LogP contribution in [-0.2, 0) is 4.74 Å². The molecule has 3 N–H and O–H groups in total. The molecule has 0 unspecified atom stereocenters. The van der Waals surface area contributed by atoms with Crippen LogP contribution in [0, 0.1) is 23.2 Å². The summed E-state index contributed by atoms with van der Waals surface area (Å²) in [6.07, 6.45) is -0.523. The lowest BCUT2D eigenvalue weighted by Crippen LogP contribution is -2.26. The average Bonchev–Trinajstić information content (AvgIpc) is 3.10. The summed E-state index contributed by atoms with van der Waals surface area (Å²) in [5.74, 6) is 5.72. The van der Waals surface area contributed by atoms with Crippen LogP contribution in [0.5, 0.6) is 0 Å². The highest BCUT2D eigenvalue weighted by Crippen LogP contribution is 2.44. The number of alkyl carbamates (subject to hydrolysis) is 1. The van der Waals surface area contributed by atoms with Crippen LogP contribution in [0.4, 0.5) is 10.5 Å². The van der Waals surface area contributed by atoms with E-state index < -0.39 is 6.09 Å². The number of carbonyl (C=O) groups excluding carboxylic acids is 1. The molecule has 0 saturated heterocycles. The van der Waals surface area contributed by atoms with Gasteiger partial charge in [0.15, 0.2) is 0 Å². The van der Waals surface area contributed by atoms with Gasteiger partial charge in [-0.1, -0.05) is 60.4 Å². The number of benzene rings is 3. The number of hydrogen-bond donors (Lipinski definition) is 2. The number of nitrogens with one attached hydrogen (secondary N) is 1. The third-order valence-electron chi connectivity index (χ3n) is 5.07. The molecule has 5 nitrogen and oxygen atoms in total. The van der Waals surface area contributed by atoms with E-state index in [4.69, 9.17) is 15.7 Å². The van der Waals surface area contributed by atoms with Crippen LogP contribution >= 0.6 is 0 Å². The Balaban J connectivity index is 1.36. The molecule has 1 aliphatic carbocycles. The molecule has 1 aliphatic rings. The summed E-state index contributed by atoms with van der Waals surface area (Å²) in [5.41, 5.74) is 12.1. The molecule has 30 heavy (non-hydrogen) atoms. The molecule has 0 spiro atoms. The van der Waals surface area contributed by atoms with E-state index >= 15 is 0 Å². The summed E-state index contributed by atoms with van der Waals surface area (Å²) in [6, 6.07) is 23.3. The van der Waals surface area contributed by atoms with Crippen LogP contribution in [0.2, 0.25) is 0 Å². The minimum atomic E-state index is -0.523. The second kappa shape index (κ2) is 8.43. The SMILES string of the molecule is N#Cc1ccc(N)c(C#CCNC(=O)OCC2c3ccccc3-c3ccccc32)c1. The summed E-state index contributed by atoms with van der Waals surface area (Å²) in [6.45, 7) is 0.372. The van der Waals surface area contributed by atoms with Crippen LogP contribution < -0.4 is 11.1 Å². The molecule has 0 saturated carbocycles. The Labute approximate surface area is 175 Å². The molecule has 0 radical (unpaired) electrons. The van der Waals surface area contributed by atoms with Crippen LogP contribution in [0.15, 0.2) is 66.7 Å². The van der Waals surface area contributed by atoms with Gasteiger partial charge in [-0.2, -0.15) is 5.26 Å². The van der Waals surface area contributed by atoms with Crippen molar-refractivity contribution in [2.45, 2.75) is 5.92 Å². The van der Waals surface area contributed by atoms with E-state index in [1.807, 2.05) is 30.3 Å². The monoisotopic (exact) mass is 393 g/mol. The molecular formula is C25H19N3O2. The summed E-state index contributed by atoms with van der Waals surface area (Å²) >= 11 is 0. The van der Waals surface area contributed by atoms with Gasteiger partial charge < -0.3 is 15.8 Å². The number of fused-ring (bicyclic) bond motifs is 3. The van der Waals surface area contributed by atoms with Gasteiger partial charge in [0.1, 0.15) is 6.61 Å². The van der Waals surface area contributed by atoms with Gasteiger partial charge in [0, 0.05) is 17.2 Å². The number of nitrogens with two attached hydrogens (primary N) is 1. The molecule has 5 heteroatoms. The standard InChI is InChI=1S/C25H19N3O2/c26-15-17-11-12-24(27)18(14-17)6-5-13-28-25(29)30-16-23-21-9-3-1-7-19(21)20-8-2-4-10-22(20)23/h1-4,7-12,14,23H,13,16,27H2,(H,28,29). The van der Waals surface area contributed by atoms with Gasteiger partial charge in [-0.25, -0.2) is 4.79 Å². The summed E-state index contributed by atoms with van der Waals surface area (Å²) in [4.78, 5) is 12.1. The Kier molecular flexibility index (Phi) is 5.37. The third kappa shape index (κ3) is 3.83. The van der Waals surface area contributed by atoms with Gasteiger partial charge in [-0.3, -0.25) is 0 Å². The molecule has 0 atom stereocenters. The number of anilines is 1. The highest BCUT2D eigenvalue weighted by molar-refractivity contribution is 5.79. The lowest BCUT2D eigenvalue weighted by atomic mass is 9.98. The first-order valence-corrected chi connectivity index (χ1v) is 9.54. The number of hydrogen-bond acceptors (Lipinski definition) is 4. The zero-order valence-corrected chi connectivity index (χ0v) is 16.2. The van der Waals surface area contributed by atoms with Crippen molar-refractivity contribution in [2.75, 3.05) is 18.9 Å². The fraction of sp³-hybridized carbons (Fsp3) is 0.120. The van der Waals surface area contributed by atoms with Crippen molar-refractivity contribution in [1.82, 2.24) is 5.32 Å². The van der Waals surface area contributed by atoms with E-state index in [0.717, 1.165) is 0 Å². The van der Waals surface area contributed by atoms with Crippen molar-refractivity contribution >= 4 is 11.8 Å². The Bertz CT molecular complexity index is 1170. The van der Waals surface area contributed by atoms with Crippen molar-refractivity contribution in [1.29, 1.82) is 5.26 Å². The molecule has 146 valence electrons. The van der Waals surface area contributed by atoms with Crippen molar-refractivity contribution in [3.63, 3.8) is 0 Å². The van der Waals surface area contributed by atoms with Gasteiger partial charge >= 0.3 is 6.09 Å². The minimum absolute atomic E-state index is 0.0164. The zero-order valence-electron chi connectivity index (χ0n) is 16.2. The van der Waals surface area contributed by atoms with Crippen molar-refractivity contribution in [3.05, 3.63) is 89.0 Å². The maximum Gasteiger partial charge on any atom is 0.407 e. The molecule has 3 aromatic rings. The average molecular weight is 393 g/mol. The van der Waals surface area contributed by atoms with Gasteiger partial charge in [0.2, 0.25) is 0 Å². The van der Waals surface area contributed by atoms with E-state index in [0.29, 0.717) is 16.8 Å². The molecule has 0 heterocycles. The first-order chi connectivity index (χ1) is 14.7. The topological polar surface area (TPSA) is 88.1 Å². The first-order valence-electron chi connectivity index (χ1n) is 9.54. The molecule has 0 aliphatic heterocycles. The lowest BCUT2D eigenvalue weighted by Gasteiger charge is -2.14. The Morgan fingerprint density at radius 1 is 1.03 bits per heavy atom. The number of nitrogen functional groups attached to an aromatic ring is 1.